The molecule has 0 aliphatic carbocycles. The average Bonchev–Trinajstić information content (AvgIpc) is 2.39. The number of carbonyl (C=O) groups excluding carboxylic acids is 1. The van der Waals surface area contributed by atoms with Crippen molar-refractivity contribution in [2.75, 3.05) is 5.88 Å². The van der Waals surface area contributed by atoms with E-state index in [1.165, 1.54) is 0 Å². The first-order chi connectivity index (χ1) is 10.1. The standard InChI is InChI=1S/C15H20ClF2NO3/c1-15(2,3)22-14(21)19-12(13(20)8-16)7-9-6-10(17)4-5-11(9)18/h4-6,12-13,20H,7-8H2,1-3H3,(H,19,21)/t12-,13+/m1/s1. The first kappa shape index (κ1) is 18.6. The van der Waals surface area contributed by atoms with Crippen molar-refractivity contribution < 1.29 is 23.4 Å². The average molecular weight is 336 g/mol. The molecular weight excluding hydrogens is 316 g/mol. The molecule has 0 bridgehead atoms. The Hall–Kier alpha value is -1.40. The van der Waals surface area contributed by atoms with Gasteiger partial charge >= 0.3 is 6.09 Å². The maximum atomic E-state index is 13.7. The molecule has 0 spiro atoms. The van der Waals surface area contributed by atoms with Gasteiger partial charge in [0.25, 0.3) is 0 Å². The molecule has 0 aliphatic heterocycles. The number of benzene rings is 1. The quantitative estimate of drug-likeness (QED) is 0.813. The SMILES string of the molecule is CC(C)(C)OC(=O)N[C@H](Cc1cc(F)ccc1F)[C@@H](O)CCl. The number of ether oxygens (including phenoxy) is 1. The van der Waals surface area contributed by atoms with Gasteiger partial charge in [-0.05, 0) is 51.0 Å². The topological polar surface area (TPSA) is 58.6 Å². The summed E-state index contributed by atoms with van der Waals surface area (Å²) < 4.78 is 32.0. The molecule has 1 amide bonds. The normalized spacial score (nSPS) is 14.3. The van der Waals surface area contributed by atoms with Crippen molar-refractivity contribution in [3.05, 3.63) is 35.4 Å². The summed E-state index contributed by atoms with van der Waals surface area (Å²) in [6.45, 7) is 5.06. The Bertz CT molecular complexity index is 520. The smallest absolute Gasteiger partial charge is 0.407 e. The molecule has 2 N–H and O–H groups in total. The van der Waals surface area contributed by atoms with Crippen LogP contribution in [0.3, 0.4) is 0 Å². The molecule has 2 atom stereocenters. The summed E-state index contributed by atoms with van der Waals surface area (Å²) in [6, 6.07) is 2.10. The van der Waals surface area contributed by atoms with Gasteiger partial charge in [0.1, 0.15) is 17.2 Å². The Balaban J connectivity index is 2.85. The van der Waals surface area contributed by atoms with Gasteiger partial charge in [0.15, 0.2) is 0 Å². The van der Waals surface area contributed by atoms with Crippen LogP contribution in [0.4, 0.5) is 13.6 Å². The second kappa shape index (κ2) is 7.74. The van der Waals surface area contributed by atoms with Gasteiger partial charge in [0.2, 0.25) is 0 Å². The van der Waals surface area contributed by atoms with Gasteiger partial charge < -0.3 is 15.2 Å². The lowest BCUT2D eigenvalue weighted by Gasteiger charge is -2.26. The molecule has 22 heavy (non-hydrogen) atoms. The molecule has 0 saturated carbocycles. The van der Waals surface area contributed by atoms with Crippen molar-refractivity contribution in [2.45, 2.75) is 44.9 Å². The van der Waals surface area contributed by atoms with Gasteiger partial charge in [0.05, 0.1) is 18.0 Å². The first-order valence-corrected chi connectivity index (χ1v) is 7.33. The molecular formula is C15H20ClF2NO3. The molecule has 0 heterocycles. The summed E-state index contributed by atoms with van der Waals surface area (Å²) in [7, 11) is 0. The Morgan fingerprint density at radius 2 is 2.05 bits per heavy atom. The summed E-state index contributed by atoms with van der Waals surface area (Å²) in [5.74, 6) is -1.40. The summed E-state index contributed by atoms with van der Waals surface area (Å²) in [6.07, 6.45) is -2.01. The summed E-state index contributed by atoms with van der Waals surface area (Å²) in [5, 5.41) is 12.3. The van der Waals surface area contributed by atoms with E-state index in [-0.39, 0.29) is 17.9 Å². The second-order valence-corrected chi connectivity index (χ2v) is 6.22. The van der Waals surface area contributed by atoms with Crippen LogP contribution in [0.25, 0.3) is 0 Å². The monoisotopic (exact) mass is 335 g/mol. The zero-order valence-electron chi connectivity index (χ0n) is 12.7. The van der Waals surface area contributed by atoms with Gasteiger partial charge in [0, 0.05) is 0 Å². The van der Waals surface area contributed by atoms with Gasteiger partial charge in [-0.1, -0.05) is 0 Å². The maximum Gasteiger partial charge on any atom is 0.407 e. The number of hydrogen-bond donors (Lipinski definition) is 2. The molecule has 4 nitrogen and oxygen atoms in total. The summed E-state index contributed by atoms with van der Waals surface area (Å²) in [5.41, 5.74) is -0.685. The van der Waals surface area contributed by atoms with Crippen LogP contribution in [-0.4, -0.2) is 34.8 Å². The molecule has 0 aromatic heterocycles. The predicted molar refractivity (Wildman–Crippen MR) is 79.9 cm³/mol. The lowest BCUT2D eigenvalue weighted by Crippen LogP contribution is -2.47. The van der Waals surface area contributed by atoms with Crippen LogP contribution in [0.5, 0.6) is 0 Å². The highest BCUT2D eigenvalue weighted by atomic mass is 35.5. The van der Waals surface area contributed by atoms with E-state index in [1.54, 1.807) is 20.8 Å². The number of hydrogen-bond acceptors (Lipinski definition) is 3. The van der Waals surface area contributed by atoms with Crippen molar-refractivity contribution in [1.29, 1.82) is 0 Å². The number of alkyl carbamates (subject to hydrolysis) is 1. The van der Waals surface area contributed by atoms with Crippen molar-refractivity contribution in [1.82, 2.24) is 5.32 Å². The van der Waals surface area contributed by atoms with Crippen molar-refractivity contribution >= 4 is 17.7 Å². The van der Waals surface area contributed by atoms with E-state index in [0.29, 0.717) is 0 Å². The molecule has 1 aromatic carbocycles. The third-order valence-electron chi connectivity index (χ3n) is 2.77. The molecule has 0 unspecified atom stereocenters. The van der Waals surface area contributed by atoms with E-state index >= 15 is 0 Å². The van der Waals surface area contributed by atoms with Gasteiger partial charge in [-0.15, -0.1) is 11.6 Å². The number of rotatable bonds is 5. The Morgan fingerprint density at radius 1 is 1.41 bits per heavy atom. The third-order valence-corrected chi connectivity index (χ3v) is 3.09. The minimum absolute atomic E-state index is 0.0326. The van der Waals surface area contributed by atoms with E-state index in [9.17, 15) is 18.7 Å². The number of nitrogens with one attached hydrogen (secondary N) is 1. The van der Waals surface area contributed by atoms with E-state index in [4.69, 9.17) is 16.3 Å². The molecule has 124 valence electrons. The fourth-order valence-electron chi connectivity index (χ4n) is 1.79. The number of aliphatic hydroxyl groups is 1. The van der Waals surface area contributed by atoms with Crippen molar-refractivity contribution in [3.63, 3.8) is 0 Å². The maximum absolute atomic E-state index is 13.7. The fourth-order valence-corrected chi connectivity index (χ4v) is 2.00. The largest absolute Gasteiger partial charge is 0.444 e. The Labute approximate surface area is 133 Å². The van der Waals surface area contributed by atoms with Crippen LogP contribution in [-0.2, 0) is 11.2 Å². The van der Waals surface area contributed by atoms with Crippen molar-refractivity contribution in [2.24, 2.45) is 0 Å². The number of aliphatic hydroxyl groups excluding tert-OH is 1. The van der Waals surface area contributed by atoms with Gasteiger partial charge in [-0.25, -0.2) is 13.6 Å². The van der Waals surface area contributed by atoms with Gasteiger partial charge in [-0.2, -0.15) is 0 Å². The minimum atomic E-state index is -1.13. The third kappa shape index (κ3) is 6.15. The van der Waals surface area contributed by atoms with Crippen LogP contribution < -0.4 is 5.32 Å². The molecule has 7 heteroatoms. The zero-order chi connectivity index (χ0) is 16.9. The number of carbonyl (C=O) groups is 1. The van der Waals surface area contributed by atoms with E-state index in [1.807, 2.05) is 0 Å². The summed E-state index contributed by atoms with van der Waals surface area (Å²) >= 11 is 5.59. The molecule has 0 saturated heterocycles. The van der Waals surface area contributed by atoms with Crippen LogP contribution >= 0.6 is 11.6 Å². The van der Waals surface area contributed by atoms with E-state index < -0.39 is 35.5 Å². The first-order valence-electron chi connectivity index (χ1n) is 6.80. The Kier molecular flexibility index (Phi) is 6.56. The molecule has 0 radical (unpaired) electrons. The molecule has 0 fully saturated rings. The van der Waals surface area contributed by atoms with Gasteiger partial charge in [-0.3, -0.25) is 0 Å². The minimum Gasteiger partial charge on any atom is -0.444 e. The number of alkyl halides is 1. The fraction of sp³-hybridized carbons (Fsp3) is 0.533. The molecule has 0 aliphatic rings. The molecule has 1 aromatic rings. The lowest BCUT2D eigenvalue weighted by atomic mass is 10.0. The number of amides is 1. The highest BCUT2D eigenvalue weighted by Gasteiger charge is 2.25. The van der Waals surface area contributed by atoms with Crippen LogP contribution in [0, 0.1) is 11.6 Å². The van der Waals surface area contributed by atoms with Crippen LogP contribution in [0.1, 0.15) is 26.3 Å². The lowest BCUT2D eigenvalue weighted by molar-refractivity contribution is 0.0439. The molecule has 1 rings (SSSR count). The van der Waals surface area contributed by atoms with Crippen LogP contribution in [0.2, 0.25) is 0 Å². The van der Waals surface area contributed by atoms with Crippen molar-refractivity contribution in [3.8, 4) is 0 Å². The van der Waals surface area contributed by atoms with Crippen LogP contribution in [0.15, 0.2) is 18.2 Å². The second-order valence-electron chi connectivity index (χ2n) is 5.91. The number of halogens is 3. The van der Waals surface area contributed by atoms with E-state index in [2.05, 4.69) is 5.32 Å². The predicted octanol–water partition coefficient (Wildman–Crippen LogP) is 3.00. The zero-order valence-corrected chi connectivity index (χ0v) is 13.5. The van der Waals surface area contributed by atoms with E-state index in [0.717, 1.165) is 18.2 Å². The highest BCUT2D eigenvalue weighted by molar-refractivity contribution is 6.18. The Morgan fingerprint density at radius 3 is 2.59 bits per heavy atom. The summed E-state index contributed by atoms with van der Waals surface area (Å²) in [4.78, 5) is 11.8. The highest BCUT2D eigenvalue weighted by Crippen LogP contribution is 2.15.